The summed E-state index contributed by atoms with van der Waals surface area (Å²) in [5.74, 6) is 1.31. The molecule has 2 heteroatoms. The molecule has 2 nitrogen and oxygen atoms in total. The molecule has 78 valence electrons. The van der Waals surface area contributed by atoms with Crippen molar-refractivity contribution in [3.63, 3.8) is 0 Å². The topological polar surface area (TPSA) is 22.1 Å². The molecule has 0 aliphatic carbocycles. The number of nitrogens with zero attached hydrogens (tertiary/aromatic N) is 1. The molecule has 1 heterocycles. The van der Waals surface area contributed by atoms with Crippen LogP contribution in [0.4, 0.5) is 0 Å². The molecule has 1 aromatic rings. The molecule has 0 amide bonds. The second kappa shape index (κ2) is 3.99. The first-order valence-corrected chi connectivity index (χ1v) is 4.95. The van der Waals surface area contributed by atoms with Crippen LogP contribution in [0.3, 0.4) is 0 Å². The van der Waals surface area contributed by atoms with E-state index < -0.39 is 0 Å². The monoisotopic (exact) mass is 193 g/mol. The molecule has 0 bridgehead atoms. The van der Waals surface area contributed by atoms with E-state index in [9.17, 15) is 0 Å². The fourth-order valence-electron chi connectivity index (χ4n) is 1.24. The number of methoxy groups -OCH3 is 1. The summed E-state index contributed by atoms with van der Waals surface area (Å²) < 4.78 is 5.18. The van der Waals surface area contributed by atoms with Gasteiger partial charge >= 0.3 is 0 Å². The van der Waals surface area contributed by atoms with Crippen LogP contribution in [-0.2, 0) is 0 Å². The SMILES string of the molecule is COc1ccnc(C(C)C(C)(C)C)c1. The number of rotatable bonds is 2. The Morgan fingerprint density at radius 3 is 2.50 bits per heavy atom. The van der Waals surface area contributed by atoms with Crippen molar-refractivity contribution in [2.75, 3.05) is 7.11 Å². The quantitative estimate of drug-likeness (QED) is 0.719. The van der Waals surface area contributed by atoms with Crippen LogP contribution < -0.4 is 4.74 Å². The summed E-state index contributed by atoms with van der Waals surface area (Å²) in [6.45, 7) is 8.86. The Morgan fingerprint density at radius 1 is 1.36 bits per heavy atom. The molecule has 0 aromatic carbocycles. The van der Waals surface area contributed by atoms with Crippen LogP contribution in [0.25, 0.3) is 0 Å². The summed E-state index contributed by atoms with van der Waals surface area (Å²) in [4.78, 5) is 4.37. The van der Waals surface area contributed by atoms with Crippen molar-refractivity contribution in [1.29, 1.82) is 0 Å². The molecule has 0 saturated carbocycles. The number of hydrogen-bond acceptors (Lipinski definition) is 2. The first-order chi connectivity index (χ1) is 6.45. The second-order valence-corrected chi connectivity index (χ2v) is 4.71. The fraction of sp³-hybridized carbons (Fsp3) is 0.583. The maximum atomic E-state index is 5.18. The van der Waals surface area contributed by atoms with E-state index in [0.717, 1.165) is 11.4 Å². The molecular formula is C12H19NO. The van der Waals surface area contributed by atoms with Crippen LogP contribution in [0.5, 0.6) is 5.75 Å². The first kappa shape index (κ1) is 11.0. The van der Waals surface area contributed by atoms with Gasteiger partial charge in [0.2, 0.25) is 0 Å². The third kappa shape index (κ3) is 2.47. The van der Waals surface area contributed by atoms with E-state index in [-0.39, 0.29) is 5.41 Å². The smallest absolute Gasteiger partial charge is 0.122 e. The zero-order chi connectivity index (χ0) is 10.8. The van der Waals surface area contributed by atoms with Crippen molar-refractivity contribution < 1.29 is 4.74 Å². The van der Waals surface area contributed by atoms with Crippen LogP contribution in [0.15, 0.2) is 18.3 Å². The van der Waals surface area contributed by atoms with Gasteiger partial charge in [-0.25, -0.2) is 0 Å². The molecule has 0 radical (unpaired) electrons. The highest BCUT2D eigenvalue weighted by Crippen LogP contribution is 2.34. The third-order valence-corrected chi connectivity index (χ3v) is 2.73. The predicted molar refractivity (Wildman–Crippen MR) is 58.7 cm³/mol. The second-order valence-electron chi connectivity index (χ2n) is 4.71. The Balaban J connectivity index is 2.95. The van der Waals surface area contributed by atoms with Crippen LogP contribution in [-0.4, -0.2) is 12.1 Å². The molecule has 0 N–H and O–H groups in total. The normalized spacial score (nSPS) is 13.8. The highest BCUT2D eigenvalue weighted by Gasteiger charge is 2.22. The summed E-state index contributed by atoms with van der Waals surface area (Å²) in [6, 6.07) is 3.88. The molecule has 0 saturated heterocycles. The number of ether oxygens (including phenoxy) is 1. The van der Waals surface area contributed by atoms with Crippen molar-refractivity contribution in [3.05, 3.63) is 24.0 Å². The summed E-state index contributed by atoms with van der Waals surface area (Å²) in [5, 5.41) is 0. The Morgan fingerprint density at radius 2 is 2.00 bits per heavy atom. The van der Waals surface area contributed by atoms with Gasteiger partial charge in [-0.3, -0.25) is 4.98 Å². The van der Waals surface area contributed by atoms with Crippen LogP contribution >= 0.6 is 0 Å². The Kier molecular flexibility index (Phi) is 3.14. The van der Waals surface area contributed by atoms with Crippen molar-refractivity contribution in [1.82, 2.24) is 4.98 Å². The van der Waals surface area contributed by atoms with Gasteiger partial charge in [-0.15, -0.1) is 0 Å². The summed E-state index contributed by atoms with van der Waals surface area (Å²) in [7, 11) is 1.68. The largest absolute Gasteiger partial charge is 0.497 e. The summed E-state index contributed by atoms with van der Waals surface area (Å²) >= 11 is 0. The van der Waals surface area contributed by atoms with Gasteiger partial charge in [0.25, 0.3) is 0 Å². The standard InChI is InChI=1S/C12H19NO/c1-9(12(2,3)4)11-8-10(14-5)6-7-13-11/h6-9H,1-5H3. The van der Waals surface area contributed by atoms with Gasteiger partial charge in [-0.2, -0.15) is 0 Å². The zero-order valence-corrected chi connectivity index (χ0v) is 9.66. The Labute approximate surface area is 86.3 Å². The molecule has 1 aromatic heterocycles. The molecule has 0 spiro atoms. The lowest BCUT2D eigenvalue weighted by molar-refractivity contribution is 0.332. The highest BCUT2D eigenvalue weighted by molar-refractivity contribution is 5.25. The molecule has 1 unspecified atom stereocenters. The van der Waals surface area contributed by atoms with Gasteiger partial charge in [-0.05, 0) is 11.5 Å². The molecule has 1 atom stereocenters. The van der Waals surface area contributed by atoms with E-state index in [1.165, 1.54) is 0 Å². The Bertz CT molecular complexity index is 301. The minimum Gasteiger partial charge on any atom is -0.497 e. The maximum Gasteiger partial charge on any atom is 0.122 e. The maximum absolute atomic E-state index is 5.18. The lowest BCUT2D eigenvalue weighted by Gasteiger charge is -2.26. The van der Waals surface area contributed by atoms with Gasteiger partial charge < -0.3 is 4.74 Å². The third-order valence-electron chi connectivity index (χ3n) is 2.73. The highest BCUT2D eigenvalue weighted by atomic mass is 16.5. The fourth-order valence-corrected chi connectivity index (χ4v) is 1.24. The van der Waals surface area contributed by atoms with Gasteiger partial charge in [0.05, 0.1) is 7.11 Å². The van der Waals surface area contributed by atoms with Crippen LogP contribution in [0, 0.1) is 5.41 Å². The van der Waals surface area contributed by atoms with E-state index in [0.29, 0.717) is 5.92 Å². The molecule has 0 aliphatic heterocycles. The molecule has 14 heavy (non-hydrogen) atoms. The lowest BCUT2D eigenvalue weighted by Crippen LogP contribution is -2.16. The van der Waals surface area contributed by atoms with E-state index in [2.05, 4.69) is 32.7 Å². The molecule has 1 rings (SSSR count). The minimum atomic E-state index is 0.235. The van der Waals surface area contributed by atoms with E-state index in [4.69, 9.17) is 4.74 Å². The zero-order valence-electron chi connectivity index (χ0n) is 9.66. The van der Waals surface area contributed by atoms with Crippen LogP contribution in [0.1, 0.15) is 39.3 Å². The van der Waals surface area contributed by atoms with E-state index in [1.807, 2.05) is 12.1 Å². The van der Waals surface area contributed by atoms with E-state index >= 15 is 0 Å². The first-order valence-electron chi connectivity index (χ1n) is 4.95. The molecule has 0 aliphatic rings. The van der Waals surface area contributed by atoms with Gasteiger partial charge in [0.15, 0.2) is 0 Å². The van der Waals surface area contributed by atoms with Crippen molar-refractivity contribution in [3.8, 4) is 5.75 Å². The average Bonchev–Trinajstić information content (AvgIpc) is 2.15. The lowest BCUT2D eigenvalue weighted by atomic mass is 9.80. The summed E-state index contributed by atoms with van der Waals surface area (Å²) in [6.07, 6.45) is 1.80. The van der Waals surface area contributed by atoms with E-state index in [1.54, 1.807) is 13.3 Å². The van der Waals surface area contributed by atoms with Crippen LogP contribution in [0.2, 0.25) is 0 Å². The summed E-state index contributed by atoms with van der Waals surface area (Å²) in [5.41, 5.74) is 1.33. The minimum absolute atomic E-state index is 0.235. The van der Waals surface area contributed by atoms with Crippen molar-refractivity contribution >= 4 is 0 Å². The van der Waals surface area contributed by atoms with Crippen molar-refractivity contribution in [2.45, 2.75) is 33.6 Å². The van der Waals surface area contributed by atoms with Gasteiger partial charge in [0, 0.05) is 23.9 Å². The average molecular weight is 193 g/mol. The van der Waals surface area contributed by atoms with Gasteiger partial charge in [-0.1, -0.05) is 27.7 Å². The number of aromatic nitrogens is 1. The molecular weight excluding hydrogens is 174 g/mol. The Hall–Kier alpha value is -1.05. The molecule has 0 fully saturated rings. The predicted octanol–water partition coefficient (Wildman–Crippen LogP) is 3.24. The number of hydrogen-bond donors (Lipinski definition) is 0. The number of pyridine rings is 1. The van der Waals surface area contributed by atoms with Gasteiger partial charge in [0.1, 0.15) is 5.75 Å². The van der Waals surface area contributed by atoms with Crippen molar-refractivity contribution in [2.24, 2.45) is 5.41 Å².